The molecule has 0 unspecified atom stereocenters. The van der Waals surface area contributed by atoms with Crippen LogP contribution in [0.15, 0.2) is 15.0 Å². The van der Waals surface area contributed by atoms with Crippen LogP contribution in [-0.2, 0) is 0 Å². The highest BCUT2D eigenvalue weighted by molar-refractivity contribution is 9.11. The van der Waals surface area contributed by atoms with Crippen LogP contribution >= 0.6 is 31.9 Å². The molecule has 0 N–H and O–H groups in total. The van der Waals surface area contributed by atoms with Gasteiger partial charge in [0.1, 0.15) is 0 Å². The van der Waals surface area contributed by atoms with Gasteiger partial charge in [-0.1, -0.05) is 0 Å². The summed E-state index contributed by atoms with van der Waals surface area (Å²) in [7, 11) is 1.17. The minimum Gasteiger partial charge on any atom is -0.492 e. The first-order chi connectivity index (χ1) is 7.40. The van der Waals surface area contributed by atoms with Gasteiger partial charge in [0.2, 0.25) is 5.78 Å². The summed E-state index contributed by atoms with van der Waals surface area (Å²) >= 11 is 5.84. The molecule has 0 spiro atoms. The van der Waals surface area contributed by atoms with Crippen LogP contribution < -0.4 is 4.74 Å². The van der Waals surface area contributed by atoms with E-state index < -0.39 is 23.6 Å². The molecule has 2 nitrogen and oxygen atoms in total. The fourth-order valence-electron chi connectivity index (χ4n) is 1.09. The molecule has 0 bridgehead atoms. The maximum absolute atomic E-state index is 13.7. The van der Waals surface area contributed by atoms with Crippen LogP contribution in [0.1, 0.15) is 10.4 Å². The van der Waals surface area contributed by atoms with Crippen LogP contribution in [0.4, 0.5) is 13.2 Å². The summed E-state index contributed by atoms with van der Waals surface area (Å²) in [4.78, 5) is 11.1. The molecule has 0 saturated heterocycles. The van der Waals surface area contributed by atoms with E-state index in [1.54, 1.807) is 0 Å². The van der Waals surface area contributed by atoms with E-state index in [2.05, 4.69) is 36.6 Å². The molecular weight excluding hydrogens is 357 g/mol. The molecule has 7 heteroatoms. The molecule has 0 aromatic heterocycles. The van der Waals surface area contributed by atoms with Crippen molar-refractivity contribution in [2.75, 3.05) is 7.11 Å². The van der Waals surface area contributed by atoms with Crippen LogP contribution in [0.5, 0.6) is 5.75 Å². The molecule has 0 amide bonds. The largest absolute Gasteiger partial charge is 0.492 e. The molecular formula is C9H5Br2F3O2. The monoisotopic (exact) mass is 360 g/mol. The van der Waals surface area contributed by atoms with Crippen molar-refractivity contribution in [3.05, 3.63) is 26.4 Å². The number of halogens is 5. The predicted octanol–water partition coefficient (Wildman–Crippen LogP) is 3.81. The van der Waals surface area contributed by atoms with E-state index in [-0.39, 0.29) is 14.7 Å². The lowest BCUT2D eigenvalue weighted by molar-refractivity contribution is 0.0672. The van der Waals surface area contributed by atoms with Crippen LogP contribution in [0.25, 0.3) is 0 Å². The quantitative estimate of drug-likeness (QED) is 0.765. The number of Topliss-reactive ketones (excluding diaryl/α,β-unsaturated/α-hetero) is 1. The van der Waals surface area contributed by atoms with Gasteiger partial charge in [0.15, 0.2) is 11.6 Å². The number of benzene rings is 1. The smallest absolute Gasteiger partial charge is 0.300 e. The number of alkyl halides is 2. The molecule has 0 saturated carbocycles. The summed E-state index contributed by atoms with van der Waals surface area (Å²) in [5, 5.41) is 0. The van der Waals surface area contributed by atoms with Crippen molar-refractivity contribution < 1.29 is 22.7 Å². The zero-order valence-electron chi connectivity index (χ0n) is 7.86. The molecule has 0 atom stereocenters. The summed E-state index contributed by atoms with van der Waals surface area (Å²) in [6, 6.07) is 1.28. The molecule has 1 aromatic rings. The summed E-state index contributed by atoms with van der Waals surface area (Å²) < 4.78 is 42.9. The Bertz CT molecular complexity index is 435. The number of hydrogen-bond donors (Lipinski definition) is 0. The molecule has 0 aliphatic heterocycles. The number of rotatable bonds is 3. The maximum Gasteiger partial charge on any atom is 0.300 e. The van der Waals surface area contributed by atoms with E-state index in [0.717, 1.165) is 0 Å². The van der Waals surface area contributed by atoms with Gasteiger partial charge < -0.3 is 4.74 Å². The van der Waals surface area contributed by atoms with Gasteiger partial charge >= 0.3 is 6.43 Å². The third-order valence-electron chi connectivity index (χ3n) is 1.78. The SMILES string of the molecule is COc1c(Br)cc(Br)c(C(=O)C(F)F)c1F. The van der Waals surface area contributed by atoms with Crippen molar-refractivity contribution in [2.24, 2.45) is 0 Å². The van der Waals surface area contributed by atoms with E-state index in [1.807, 2.05) is 0 Å². The normalized spacial score (nSPS) is 10.7. The molecule has 0 aliphatic rings. The van der Waals surface area contributed by atoms with Gasteiger partial charge in [-0.25, -0.2) is 13.2 Å². The Hall–Kier alpha value is -0.560. The van der Waals surface area contributed by atoms with Gasteiger partial charge in [-0.15, -0.1) is 0 Å². The Balaban J connectivity index is 3.45. The minimum atomic E-state index is -3.27. The maximum atomic E-state index is 13.7. The summed E-state index contributed by atoms with van der Waals surface area (Å²) in [5.74, 6) is -2.99. The molecule has 0 fully saturated rings. The average Bonchev–Trinajstić information content (AvgIpc) is 2.17. The van der Waals surface area contributed by atoms with Gasteiger partial charge in [0.05, 0.1) is 17.1 Å². The number of methoxy groups -OCH3 is 1. The fourth-order valence-corrected chi connectivity index (χ4v) is 2.56. The third-order valence-corrected chi connectivity index (χ3v) is 2.99. The van der Waals surface area contributed by atoms with E-state index >= 15 is 0 Å². The van der Waals surface area contributed by atoms with Crippen LogP contribution in [0, 0.1) is 5.82 Å². The molecule has 1 aromatic carbocycles. The number of carbonyl (C=O) groups excluding carboxylic acids is 1. The molecule has 0 aliphatic carbocycles. The fraction of sp³-hybridized carbons (Fsp3) is 0.222. The second-order valence-corrected chi connectivity index (χ2v) is 4.44. The predicted molar refractivity (Wildman–Crippen MR) is 58.7 cm³/mol. The summed E-state index contributed by atoms with van der Waals surface area (Å²) in [5.41, 5.74) is -0.713. The van der Waals surface area contributed by atoms with E-state index in [9.17, 15) is 18.0 Å². The van der Waals surface area contributed by atoms with E-state index in [4.69, 9.17) is 0 Å². The highest BCUT2D eigenvalue weighted by Crippen LogP contribution is 2.36. The second-order valence-electron chi connectivity index (χ2n) is 2.73. The third kappa shape index (κ3) is 2.40. The summed E-state index contributed by atoms with van der Waals surface area (Å²) in [6.45, 7) is 0. The molecule has 88 valence electrons. The second kappa shape index (κ2) is 5.18. The Morgan fingerprint density at radius 1 is 1.38 bits per heavy atom. The summed E-state index contributed by atoms with van der Waals surface area (Å²) in [6.07, 6.45) is -3.27. The molecule has 0 heterocycles. The van der Waals surface area contributed by atoms with Crippen molar-refractivity contribution in [3.8, 4) is 5.75 Å². The topological polar surface area (TPSA) is 26.3 Å². The minimum absolute atomic E-state index is 0.0528. The van der Waals surface area contributed by atoms with Gasteiger partial charge in [0.25, 0.3) is 0 Å². The Morgan fingerprint density at radius 3 is 2.38 bits per heavy atom. The number of hydrogen-bond acceptors (Lipinski definition) is 2. The first-order valence-electron chi connectivity index (χ1n) is 3.94. The van der Waals surface area contributed by atoms with Crippen molar-refractivity contribution in [1.29, 1.82) is 0 Å². The molecule has 1 rings (SSSR count). The van der Waals surface area contributed by atoms with Gasteiger partial charge in [-0.05, 0) is 37.9 Å². The van der Waals surface area contributed by atoms with Crippen molar-refractivity contribution in [3.63, 3.8) is 0 Å². The Morgan fingerprint density at radius 2 is 1.94 bits per heavy atom. The molecule has 16 heavy (non-hydrogen) atoms. The zero-order chi connectivity index (χ0) is 12.5. The highest BCUT2D eigenvalue weighted by atomic mass is 79.9. The van der Waals surface area contributed by atoms with Crippen LogP contribution in [-0.4, -0.2) is 19.3 Å². The highest BCUT2D eigenvalue weighted by Gasteiger charge is 2.27. The van der Waals surface area contributed by atoms with E-state index in [0.29, 0.717) is 0 Å². The van der Waals surface area contributed by atoms with Gasteiger partial charge in [-0.3, -0.25) is 4.79 Å². The van der Waals surface area contributed by atoms with Crippen LogP contribution in [0.3, 0.4) is 0 Å². The lowest BCUT2D eigenvalue weighted by atomic mass is 10.1. The lowest BCUT2D eigenvalue weighted by Gasteiger charge is -2.10. The lowest BCUT2D eigenvalue weighted by Crippen LogP contribution is -2.14. The Labute approximate surface area is 106 Å². The van der Waals surface area contributed by atoms with Crippen molar-refractivity contribution in [2.45, 2.75) is 6.43 Å². The van der Waals surface area contributed by atoms with Crippen molar-refractivity contribution >= 4 is 37.6 Å². The number of ether oxygens (including phenoxy) is 1. The van der Waals surface area contributed by atoms with E-state index in [1.165, 1.54) is 13.2 Å². The average molecular weight is 362 g/mol. The standard InChI is InChI=1S/C9H5Br2F3O2/c1-16-8-4(11)2-3(10)5(6(8)12)7(15)9(13)14/h2,9H,1H3. The first-order valence-corrected chi connectivity index (χ1v) is 5.52. The first kappa shape index (κ1) is 13.5. The Kier molecular flexibility index (Phi) is 4.37. The zero-order valence-corrected chi connectivity index (χ0v) is 11.0. The van der Waals surface area contributed by atoms with Crippen LogP contribution in [0.2, 0.25) is 0 Å². The van der Waals surface area contributed by atoms with Gasteiger partial charge in [-0.2, -0.15) is 0 Å². The number of carbonyl (C=O) groups is 1. The molecule has 0 radical (unpaired) electrons. The van der Waals surface area contributed by atoms with Crippen molar-refractivity contribution in [1.82, 2.24) is 0 Å². The van der Waals surface area contributed by atoms with Gasteiger partial charge in [0, 0.05) is 4.47 Å². The number of ketones is 1.